The molecule has 0 bridgehead atoms. The fourth-order valence-corrected chi connectivity index (χ4v) is 3.08. The number of rotatable bonds is 3. The van der Waals surface area contributed by atoms with E-state index in [1.807, 2.05) is 35.0 Å². The Morgan fingerprint density at radius 2 is 1.81 bits per heavy atom. The van der Waals surface area contributed by atoms with Crippen molar-refractivity contribution in [3.63, 3.8) is 0 Å². The van der Waals surface area contributed by atoms with Gasteiger partial charge in [0, 0.05) is 5.39 Å². The van der Waals surface area contributed by atoms with E-state index in [-0.39, 0.29) is 5.54 Å². The topological polar surface area (TPSA) is 78.9 Å². The molecule has 26 heavy (non-hydrogen) atoms. The van der Waals surface area contributed by atoms with E-state index in [1.54, 1.807) is 0 Å². The highest BCUT2D eigenvalue weighted by molar-refractivity contribution is 5.89. The molecule has 2 heterocycles. The van der Waals surface area contributed by atoms with Gasteiger partial charge >= 0.3 is 0 Å². The highest BCUT2D eigenvalue weighted by atomic mass is 16.5. The maximum absolute atomic E-state index is 6.11. The van der Waals surface area contributed by atoms with Crippen LogP contribution in [0.1, 0.15) is 26.5 Å². The van der Waals surface area contributed by atoms with E-state index >= 15 is 0 Å². The first-order valence-electron chi connectivity index (χ1n) is 8.54. The number of nitrogens with two attached hydrogens (primary N) is 1. The second kappa shape index (κ2) is 5.98. The molecule has 0 amide bonds. The van der Waals surface area contributed by atoms with Crippen molar-refractivity contribution >= 4 is 27.6 Å². The zero-order valence-corrected chi connectivity index (χ0v) is 15.1. The molecular weight excluding hydrogens is 326 g/mol. The average Bonchev–Trinajstić information content (AvgIpc) is 3.00. The van der Waals surface area contributed by atoms with Gasteiger partial charge in [0.1, 0.15) is 30.2 Å². The van der Waals surface area contributed by atoms with Crippen molar-refractivity contribution in [1.82, 2.24) is 19.7 Å². The molecule has 6 heteroatoms. The van der Waals surface area contributed by atoms with Gasteiger partial charge in [0.25, 0.3) is 0 Å². The van der Waals surface area contributed by atoms with E-state index in [1.165, 1.54) is 6.33 Å². The van der Waals surface area contributed by atoms with E-state index in [4.69, 9.17) is 15.6 Å². The smallest absolute Gasteiger partial charge is 0.164 e. The molecule has 0 saturated heterocycles. The quantitative estimate of drug-likeness (QED) is 0.608. The number of hydrogen-bond donors (Lipinski definition) is 1. The molecule has 2 aromatic carbocycles. The summed E-state index contributed by atoms with van der Waals surface area (Å²) in [5.74, 6) is 1.24. The molecule has 0 fully saturated rings. The fraction of sp³-hybridized carbons (Fsp3) is 0.250. The summed E-state index contributed by atoms with van der Waals surface area (Å²) >= 11 is 0. The summed E-state index contributed by atoms with van der Waals surface area (Å²) in [6.07, 6.45) is 1.47. The normalized spacial score (nSPS) is 12.0. The summed E-state index contributed by atoms with van der Waals surface area (Å²) in [7, 11) is 0. The zero-order valence-electron chi connectivity index (χ0n) is 15.1. The molecule has 0 unspecified atom stereocenters. The number of benzene rings is 2. The van der Waals surface area contributed by atoms with Crippen LogP contribution in [0, 0.1) is 0 Å². The summed E-state index contributed by atoms with van der Waals surface area (Å²) in [5.41, 5.74) is 7.35. The zero-order chi connectivity index (χ0) is 18.3. The van der Waals surface area contributed by atoms with Crippen LogP contribution in [0.15, 0.2) is 48.8 Å². The number of ether oxygens (including phenoxy) is 1. The van der Waals surface area contributed by atoms with Crippen molar-refractivity contribution in [3.05, 3.63) is 54.5 Å². The molecule has 0 atom stereocenters. The second-order valence-electron chi connectivity index (χ2n) is 7.25. The molecule has 6 nitrogen and oxygen atoms in total. The molecule has 2 aromatic heterocycles. The summed E-state index contributed by atoms with van der Waals surface area (Å²) in [4.78, 5) is 8.51. The number of fused-ring (bicyclic) bond motifs is 2. The molecule has 0 spiro atoms. The Bertz CT molecular complexity index is 1090. The Labute approximate surface area is 151 Å². The third-order valence-electron chi connectivity index (χ3n) is 4.32. The highest BCUT2D eigenvalue weighted by Gasteiger charge is 2.23. The third kappa shape index (κ3) is 2.73. The van der Waals surface area contributed by atoms with Gasteiger partial charge in [0.2, 0.25) is 0 Å². The Balaban J connectivity index is 1.76. The minimum Gasteiger partial charge on any atom is -0.487 e. The van der Waals surface area contributed by atoms with E-state index in [9.17, 15) is 0 Å². The SMILES string of the molecule is CC(C)(C)n1nc(COc2cccc3ccccc23)c2c(N)ncnc21. The van der Waals surface area contributed by atoms with E-state index in [2.05, 4.69) is 42.9 Å². The van der Waals surface area contributed by atoms with Gasteiger partial charge in [-0.25, -0.2) is 14.6 Å². The number of nitrogens with zero attached hydrogens (tertiary/aromatic N) is 4. The van der Waals surface area contributed by atoms with E-state index in [0.717, 1.165) is 33.2 Å². The summed E-state index contributed by atoms with van der Waals surface area (Å²) in [6, 6.07) is 14.2. The maximum Gasteiger partial charge on any atom is 0.164 e. The van der Waals surface area contributed by atoms with Crippen LogP contribution in [0.4, 0.5) is 5.82 Å². The third-order valence-corrected chi connectivity index (χ3v) is 4.32. The van der Waals surface area contributed by atoms with Gasteiger partial charge in [-0.1, -0.05) is 36.4 Å². The molecule has 0 aliphatic rings. The molecule has 0 radical (unpaired) electrons. The standard InChI is InChI=1S/C20H21N5O/c1-20(2,3)25-19-17(18(21)22-12-23-19)15(24-25)11-26-16-10-6-8-13-7-4-5-9-14(13)16/h4-10,12H,11H2,1-3H3,(H2,21,22,23). The van der Waals surface area contributed by atoms with Crippen molar-refractivity contribution in [2.45, 2.75) is 32.9 Å². The minimum atomic E-state index is -0.225. The van der Waals surface area contributed by atoms with Crippen molar-refractivity contribution < 1.29 is 4.74 Å². The summed E-state index contributed by atoms with van der Waals surface area (Å²) < 4.78 is 7.98. The van der Waals surface area contributed by atoms with E-state index in [0.29, 0.717) is 12.4 Å². The Kier molecular flexibility index (Phi) is 3.76. The fourth-order valence-electron chi connectivity index (χ4n) is 3.08. The lowest BCUT2D eigenvalue weighted by Crippen LogP contribution is -2.23. The van der Waals surface area contributed by atoms with Crippen molar-refractivity contribution in [2.24, 2.45) is 0 Å². The van der Waals surface area contributed by atoms with Crippen LogP contribution in [0.3, 0.4) is 0 Å². The van der Waals surface area contributed by atoms with E-state index < -0.39 is 0 Å². The maximum atomic E-state index is 6.11. The first-order chi connectivity index (χ1) is 12.4. The molecule has 2 N–H and O–H groups in total. The molecule has 0 saturated carbocycles. The summed E-state index contributed by atoms with van der Waals surface area (Å²) in [5, 5.41) is 7.68. The van der Waals surface area contributed by atoms with Gasteiger partial charge in [-0.2, -0.15) is 5.10 Å². The Morgan fingerprint density at radius 3 is 2.62 bits per heavy atom. The van der Waals surface area contributed by atoms with Crippen LogP contribution in [0.5, 0.6) is 5.75 Å². The largest absolute Gasteiger partial charge is 0.487 e. The van der Waals surface area contributed by atoms with Gasteiger partial charge in [-0.05, 0) is 32.2 Å². The van der Waals surface area contributed by atoms with Crippen molar-refractivity contribution in [2.75, 3.05) is 5.73 Å². The van der Waals surface area contributed by atoms with Gasteiger partial charge in [-0.3, -0.25) is 0 Å². The predicted octanol–water partition coefficient (Wildman–Crippen LogP) is 3.90. The number of anilines is 1. The van der Waals surface area contributed by atoms with Crippen LogP contribution in [-0.4, -0.2) is 19.7 Å². The number of nitrogen functional groups attached to an aromatic ring is 1. The number of hydrogen-bond acceptors (Lipinski definition) is 5. The molecule has 4 rings (SSSR count). The summed E-state index contributed by atoms with van der Waals surface area (Å²) in [6.45, 7) is 6.53. The highest BCUT2D eigenvalue weighted by Crippen LogP contribution is 2.29. The van der Waals surface area contributed by atoms with Crippen LogP contribution >= 0.6 is 0 Å². The first kappa shape index (κ1) is 16.3. The van der Waals surface area contributed by atoms with Crippen LogP contribution in [-0.2, 0) is 12.1 Å². The minimum absolute atomic E-state index is 0.225. The first-order valence-corrected chi connectivity index (χ1v) is 8.54. The lowest BCUT2D eigenvalue weighted by molar-refractivity contribution is 0.297. The number of aromatic nitrogens is 4. The molecule has 0 aliphatic heterocycles. The average molecular weight is 347 g/mol. The van der Waals surface area contributed by atoms with Gasteiger partial charge in [-0.15, -0.1) is 0 Å². The molecule has 4 aromatic rings. The van der Waals surface area contributed by atoms with Crippen molar-refractivity contribution in [1.29, 1.82) is 0 Å². The Hall–Kier alpha value is -3.15. The predicted molar refractivity (Wildman–Crippen MR) is 103 cm³/mol. The van der Waals surface area contributed by atoms with Crippen LogP contribution in [0.2, 0.25) is 0 Å². The van der Waals surface area contributed by atoms with Crippen molar-refractivity contribution in [3.8, 4) is 5.75 Å². The molecule has 0 aliphatic carbocycles. The van der Waals surface area contributed by atoms with Crippen LogP contribution < -0.4 is 10.5 Å². The monoisotopic (exact) mass is 347 g/mol. The Morgan fingerprint density at radius 1 is 1.04 bits per heavy atom. The molecular formula is C20H21N5O. The van der Waals surface area contributed by atoms with Gasteiger partial charge < -0.3 is 10.5 Å². The van der Waals surface area contributed by atoms with Gasteiger partial charge in [0.05, 0.1) is 10.9 Å². The lowest BCUT2D eigenvalue weighted by Gasteiger charge is -2.19. The second-order valence-corrected chi connectivity index (χ2v) is 7.25. The molecule has 132 valence electrons. The van der Waals surface area contributed by atoms with Gasteiger partial charge in [0.15, 0.2) is 5.65 Å². The van der Waals surface area contributed by atoms with Crippen LogP contribution in [0.25, 0.3) is 21.8 Å². The lowest BCUT2D eigenvalue weighted by atomic mass is 10.1.